The van der Waals surface area contributed by atoms with Gasteiger partial charge in [-0.15, -0.1) is 0 Å². The van der Waals surface area contributed by atoms with Crippen molar-refractivity contribution in [3.05, 3.63) is 47.8 Å². The van der Waals surface area contributed by atoms with Gasteiger partial charge in [0.25, 0.3) is 0 Å². The van der Waals surface area contributed by atoms with Gasteiger partial charge in [0.2, 0.25) is 0 Å². The zero-order chi connectivity index (χ0) is 10.0. The summed E-state index contributed by atoms with van der Waals surface area (Å²) in [4.78, 5) is 0. The average molecular weight is 191 g/mol. The van der Waals surface area contributed by atoms with E-state index in [0.29, 0.717) is 6.54 Å². The van der Waals surface area contributed by atoms with Gasteiger partial charge in [-0.25, -0.2) is 4.39 Å². The Bertz CT molecular complexity index is 349. The number of rotatable bonds is 2. The van der Waals surface area contributed by atoms with Crippen molar-refractivity contribution in [1.29, 1.82) is 0 Å². The van der Waals surface area contributed by atoms with Crippen LogP contribution < -0.4 is 5.73 Å². The van der Waals surface area contributed by atoms with E-state index in [0.717, 1.165) is 18.4 Å². The molecule has 74 valence electrons. The average Bonchev–Trinajstić information content (AvgIpc) is 2.67. The summed E-state index contributed by atoms with van der Waals surface area (Å²) in [6.45, 7) is 0.573. The molecule has 0 heterocycles. The molecule has 2 rings (SSSR count). The van der Waals surface area contributed by atoms with Crippen molar-refractivity contribution < 1.29 is 4.39 Å². The Morgan fingerprint density at radius 2 is 2.00 bits per heavy atom. The normalized spacial score (nSPS) is 18.7. The van der Waals surface area contributed by atoms with E-state index in [2.05, 4.69) is 12.2 Å². The lowest BCUT2D eigenvalue weighted by atomic mass is 9.78. The molecule has 2 heteroatoms. The Hall–Kier alpha value is -1.15. The minimum absolute atomic E-state index is 0.0535. The maximum absolute atomic E-state index is 13.1. The quantitative estimate of drug-likeness (QED) is 0.713. The summed E-state index contributed by atoms with van der Waals surface area (Å²) in [7, 11) is 0. The predicted octanol–water partition coefficient (Wildman–Crippen LogP) is 2.37. The van der Waals surface area contributed by atoms with Gasteiger partial charge >= 0.3 is 0 Å². The van der Waals surface area contributed by atoms with E-state index < -0.39 is 0 Å². The second-order valence-corrected chi connectivity index (χ2v) is 3.87. The number of nitrogens with two attached hydrogens (primary N) is 1. The summed E-state index contributed by atoms with van der Waals surface area (Å²) in [6, 6.07) is 6.78. The summed E-state index contributed by atoms with van der Waals surface area (Å²) in [5, 5.41) is 0. The fraction of sp³-hybridized carbons (Fsp3) is 0.333. The van der Waals surface area contributed by atoms with Crippen LogP contribution in [0.15, 0.2) is 36.4 Å². The standard InChI is InChI=1S/C12H14FN/c13-11-5-3-4-10(8-11)12(9-14)6-1-2-7-12/h1-5,8H,6-7,9,14H2. The summed E-state index contributed by atoms with van der Waals surface area (Å²) in [5.74, 6) is -0.178. The lowest BCUT2D eigenvalue weighted by Gasteiger charge is -2.27. The topological polar surface area (TPSA) is 26.0 Å². The minimum atomic E-state index is -0.178. The molecule has 0 aromatic heterocycles. The Morgan fingerprint density at radius 3 is 2.57 bits per heavy atom. The van der Waals surface area contributed by atoms with Crippen LogP contribution in [-0.2, 0) is 5.41 Å². The molecule has 0 fully saturated rings. The van der Waals surface area contributed by atoms with Gasteiger partial charge in [-0.3, -0.25) is 0 Å². The largest absolute Gasteiger partial charge is 0.330 e. The fourth-order valence-electron chi connectivity index (χ4n) is 2.04. The first kappa shape index (κ1) is 9.41. The van der Waals surface area contributed by atoms with E-state index >= 15 is 0 Å². The van der Waals surface area contributed by atoms with Gasteiger partial charge in [-0.05, 0) is 30.5 Å². The van der Waals surface area contributed by atoms with Crippen LogP contribution in [0.3, 0.4) is 0 Å². The molecule has 0 aliphatic heterocycles. The van der Waals surface area contributed by atoms with Gasteiger partial charge < -0.3 is 5.73 Å². The molecule has 0 atom stereocenters. The van der Waals surface area contributed by atoms with Crippen molar-refractivity contribution in [1.82, 2.24) is 0 Å². The third kappa shape index (κ3) is 1.46. The van der Waals surface area contributed by atoms with Crippen LogP contribution in [0.1, 0.15) is 18.4 Å². The van der Waals surface area contributed by atoms with Crippen LogP contribution in [-0.4, -0.2) is 6.54 Å². The highest BCUT2D eigenvalue weighted by atomic mass is 19.1. The summed E-state index contributed by atoms with van der Waals surface area (Å²) >= 11 is 0. The molecule has 0 saturated heterocycles. The van der Waals surface area contributed by atoms with Crippen LogP contribution in [0.5, 0.6) is 0 Å². The van der Waals surface area contributed by atoms with Crippen LogP contribution in [0.4, 0.5) is 4.39 Å². The summed E-state index contributed by atoms with van der Waals surface area (Å²) < 4.78 is 13.1. The fourth-order valence-corrected chi connectivity index (χ4v) is 2.04. The molecule has 1 nitrogen and oxygen atoms in total. The number of hydrogen-bond acceptors (Lipinski definition) is 1. The molecule has 1 aromatic carbocycles. The van der Waals surface area contributed by atoms with Gasteiger partial charge in [-0.1, -0.05) is 24.3 Å². The van der Waals surface area contributed by atoms with Crippen molar-refractivity contribution in [3.63, 3.8) is 0 Å². The molecule has 0 radical (unpaired) electrons. The number of hydrogen-bond donors (Lipinski definition) is 1. The lowest BCUT2D eigenvalue weighted by Crippen LogP contribution is -2.32. The smallest absolute Gasteiger partial charge is 0.123 e. The Balaban J connectivity index is 2.37. The monoisotopic (exact) mass is 191 g/mol. The first-order valence-electron chi connectivity index (χ1n) is 4.88. The first-order chi connectivity index (χ1) is 6.77. The molecule has 1 aliphatic rings. The lowest BCUT2D eigenvalue weighted by molar-refractivity contribution is 0.466. The highest BCUT2D eigenvalue weighted by Crippen LogP contribution is 2.36. The van der Waals surface area contributed by atoms with E-state index in [-0.39, 0.29) is 11.2 Å². The zero-order valence-electron chi connectivity index (χ0n) is 8.04. The molecule has 2 N–H and O–H groups in total. The van der Waals surface area contributed by atoms with Crippen molar-refractivity contribution in [2.45, 2.75) is 18.3 Å². The molecule has 1 aliphatic carbocycles. The van der Waals surface area contributed by atoms with E-state index in [4.69, 9.17) is 5.73 Å². The third-order valence-electron chi connectivity index (χ3n) is 3.01. The van der Waals surface area contributed by atoms with Crippen molar-refractivity contribution in [2.24, 2.45) is 5.73 Å². The number of halogens is 1. The maximum Gasteiger partial charge on any atom is 0.123 e. The first-order valence-corrected chi connectivity index (χ1v) is 4.88. The Morgan fingerprint density at radius 1 is 1.29 bits per heavy atom. The van der Waals surface area contributed by atoms with Crippen molar-refractivity contribution in [2.75, 3.05) is 6.54 Å². The van der Waals surface area contributed by atoms with E-state index in [1.165, 1.54) is 6.07 Å². The zero-order valence-corrected chi connectivity index (χ0v) is 8.04. The van der Waals surface area contributed by atoms with Gasteiger partial charge in [0.05, 0.1) is 0 Å². The van der Waals surface area contributed by atoms with E-state index in [1.807, 2.05) is 6.07 Å². The van der Waals surface area contributed by atoms with Crippen LogP contribution in [0.25, 0.3) is 0 Å². The molecule has 0 saturated carbocycles. The van der Waals surface area contributed by atoms with E-state index in [1.54, 1.807) is 12.1 Å². The minimum Gasteiger partial charge on any atom is -0.330 e. The second kappa shape index (κ2) is 3.54. The summed E-state index contributed by atoms with van der Waals surface area (Å²) in [6.07, 6.45) is 6.09. The van der Waals surface area contributed by atoms with Crippen LogP contribution in [0, 0.1) is 5.82 Å². The molecule has 1 aromatic rings. The van der Waals surface area contributed by atoms with Crippen LogP contribution >= 0.6 is 0 Å². The maximum atomic E-state index is 13.1. The van der Waals surface area contributed by atoms with Gasteiger partial charge in [0.15, 0.2) is 0 Å². The Labute approximate surface area is 83.4 Å². The highest BCUT2D eigenvalue weighted by Gasteiger charge is 2.31. The molecule has 0 bridgehead atoms. The molecule has 0 amide bonds. The Kier molecular flexibility index (Phi) is 2.38. The molecular formula is C12H14FN. The SMILES string of the molecule is NCC1(c2cccc(F)c2)CC=CC1. The summed E-state index contributed by atoms with van der Waals surface area (Å²) in [5.41, 5.74) is 6.75. The van der Waals surface area contributed by atoms with E-state index in [9.17, 15) is 4.39 Å². The highest BCUT2D eigenvalue weighted by molar-refractivity contribution is 5.31. The molecule has 0 spiro atoms. The van der Waals surface area contributed by atoms with Crippen LogP contribution in [0.2, 0.25) is 0 Å². The molecular weight excluding hydrogens is 177 g/mol. The number of allylic oxidation sites excluding steroid dienone is 2. The predicted molar refractivity (Wildman–Crippen MR) is 55.5 cm³/mol. The second-order valence-electron chi connectivity index (χ2n) is 3.87. The van der Waals surface area contributed by atoms with Crippen molar-refractivity contribution in [3.8, 4) is 0 Å². The van der Waals surface area contributed by atoms with Gasteiger partial charge in [-0.2, -0.15) is 0 Å². The number of benzene rings is 1. The van der Waals surface area contributed by atoms with Crippen molar-refractivity contribution >= 4 is 0 Å². The van der Waals surface area contributed by atoms with Gasteiger partial charge in [0.1, 0.15) is 5.82 Å². The molecule has 0 unspecified atom stereocenters. The third-order valence-corrected chi connectivity index (χ3v) is 3.01. The molecule has 14 heavy (non-hydrogen) atoms. The van der Waals surface area contributed by atoms with Gasteiger partial charge in [0, 0.05) is 12.0 Å².